The maximum atomic E-state index is 12.3. The zero-order chi connectivity index (χ0) is 28.7. The Morgan fingerprint density at radius 2 is 1.87 bits per heavy atom. The van der Waals surface area contributed by atoms with E-state index in [9.17, 15) is 24.6 Å². The number of amides is 1. The molecule has 8 atom stereocenters. The first kappa shape index (κ1) is 31.7. The normalized spacial score (nSPS) is 35.3. The number of ether oxygens (including phenoxy) is 3. The van der Waals surface area contributed by atoms with Crippen molar-refractivity contribution in [2.24, 2.45) is 5.92 Å². The summed E-state index contributed by atoms with van der Waals surface area (Å²) >= 11 is 0. The van der Waals surface area contributed by atoms with Crippen LogP contribution in [0.2, 0.25) is 0 Å². The standard InChI is InChI=1S/C28H43NO9/c1-17(7-10-22-14-27(6,34)16-28(35,38-22)15-26(32)33)8-11-24-18(2)13-23(20(4)37-24)29-25(31)12-9-19(3)36-21(5)30/h7-10,12,18-20,22-24,34-35H,11,13-16H2,1-6H3,(H,29,31)(H,32,33)/b10-7+,12-9-,17-8+. The first-order valence-corrected chi connectivity index (χ1v) is 13.1. The lowest BCUT2D eigenvalue weighted by Crippen LogP contribution is -2.51. The van der Waals surface area contributed by atoms with E-state index < -0.39 is 42.0 Å². The Balaban J connectivity index is 1.90. The minimum Gasteiger partial charge on any atom is -0.481 e. The van der Waals surface area contributed by atoms with Crippen molar-refractivity contribution >= 4 is 17.8 Å². The number of hydrogen-bond donors (Lipinski definition) is 4. The monoisotopic (exact) mass is 537 g/mol. The number of nitrogens with one attached hydrogen (secondary N) is 1. The summed E-state index contributed by atoms with van der Waals surface area (Å²) in [6.45, 7) is 10.5. The van der Waals surface area contributed by atoms with Gasteiger partial charge in [0.15, 0.2) is 5.79 Å². The summed E-state index contributed by atoms with van der Waals surface area (Å²) in [6, 6.07) is -0.145. The first-order valence-electron chi connectivity index (χ1n) is 13.1. The molecular formula is C28H43NO9. The molecule has 0 radical (unpaired) electrons. The van der Waals surface area contributed by atoms with Crippen molar-refractivity contribution in [1.82, 2.24) is 5.32 Å². The van der Waals surface area contributed by atoms with Gasteiger partial charge in [0.25, 0.3) is 0 Å². The second-order valence-electron chi connectivity index (χ2n) is 11.0. The smallest absolute Gasteiger partial charge is 0.308 e. The Hall–Kier alpha value is -2.53. The molecule has 2 rings (SSSR count). The maximum Gasteiger partial charge on any atom is 0.308 e. The van der Waals surface area contributed by atoms with Crippen LogP contribution >= 0.6 is 0 Å². The minimum atomic E-state index is -1.93. The average Bonchev–Trinajstić information content (AvgIpc) is 2.75. The highest BCUT2D eigenvalue weighted by molar-refractivity contribution is 5.87. The molecule has 4 N–H and O–H groups in total. The van der Waals surface area contributed by atoms with Crippen LogP contribution in [0.4, 0.5) is 0 Å². The van der Waals surface area contributed by atoms with Crippen LogP contribution in [0.1, 0.15) is 73.6 Å². The van der Waals surface area contributed by atoms with Crippen LogP contribution < -0.4 is 5.32 Å². The zero-order valence-electron chi connectivity index (χ0n) is 23.2. The van der Waals surface area contributed by atoms with Crippen molar-refractivity contribution in [3.8, 4) is 0 Å². The molecule has 2 heterocycles. The highest BCUT2D eigenvalue weighted by atomic mass is 16.6. The van der Waals surface area contributed by atoms with E-state index in [0.717, 1.165) is 12.0 Å². The average molecular weight is 538 g/mol. The second kappa shape index (κ2) is 13.5. The minimum absolute atomic E-state index is 0.0339. The van der Waals surface area contributed by atoms with Crippen LogP contribution in [-0.2, 0) is 28.6 Å². The number of hydrogen-bond acceptors (Lipinski definition) is 8. The number of esters is 1. The number of carboxylic acid groups (broad SMARTS) is 1. The Bertz CT molecular complexity index is 941. The van der Waals surface area contributed by atoms with Crippen molar-refractivity contribution in [1.29, 1.82) is 0 Å². The van der Waals surface area contributed by atoms with Crippen molar-refractivity contribution in [2.75, 3.05) is 0 Å². The number of carboxylic acids is 1. The van der Waals surface area contributed by atoms with Gasteiger partial charge in [0.1, 0.15) is 6.10 Å². The van der Waals surface area contributed by atoms with Gasteiger partial charge in [-0.3, -0.25) is 14.4 Å². The van der Waals surface area contributed by atoms with E-state index in [1.165, 1.54) is 19.1 Å². The number of allylic oxidation sites excluding steroid dienone is 2. The molecule has 0 saturated carbocycles. The third kappa shape index (κ3) is 10.7. The zero-order valence-corrected chi connectivity index (χ0v) is 23.2. The summed E-state index contributed by atoms with van der Waals surface area (Å²) in [5, 5.41) is 33.1. The molecule has 214 valence electrons. The summed E-state index contributed by atoms with van der Waals surface area (Å²) in [6.07, 6.45) is 8.02. The highest BCUT2D eigenvalue weighted by Gasteiger charge is 2.46. The summed E-state index contributed by atoms with van der Waals surface area (Å²) < 4.78 is 16.8. The molecule has 1 amide bonds. The third-order valence-electron chi connectivity index (χ3n) is 6.76. The van der Waals surface area contributed by atoms with Gasteiger partial charge in [-0.1, -0.05) is 30.7 Å². The Labute approximate surface area is 224 Å². The van der Waals surface area contributed by atoms with Crippen LogP contribution in [0.25, 0.3) is 0 Å². The number of aliphatic hydroxyl groups is 2. The van der Waals surface area contributed by atoms with Gasteiger partial charge in [-0.2, -0.15) is 0 Å². The van der Waals surface area contributed by atoms with Crippen LogP contribution in [0.5, 0.6) is 0 Å². The summed E-state index contributed by atoms with van der Waals surface area (Å²) in [4.78, 5) is 34.4. The van der Waals surface area contributed by atoms with Gasteiger partial charge >= 0.3 is 11.9 Å². The Kier molecular flexibility index (Phi) is 11.3. The largest absolute Gasteiger partial charge is 0.481 e. The molecule has 0 aliphatic carbocycles. The molecule has 0 spiro atoms. The van der Waals surface area contributed by atoms with Crippen LogP contribution in [0.15, 0.2) is 36.0 Å². The van der Waals surface area contributed by atoms with E-state index in [2.05, 4.69) is 12.2 Å². The van der Waals surface area contributed by atoms with Gasteiger partial charge in [-0.05, 0) is 52.5 Å². The maximum absolute atomic E-state index is 12.3. The van der Waals surface area contributed by atoms with Crippen molar-refractivity contribution in [3.05, 3.63) is 36.0 Å². The molecule has 0 bridgehead atoms. The molecule has 38 heavy (non-hydrogen) atoms. The molecule has 8 unspecified atom stereocenters. The molecule has 2 aliphatic rings. The molecule has 10 nitrogen and oxygen atoms in total. The molecule has 2 aliphatic heterocycles. The summed E-state index contributed by atoms with van der Waals surface area (Å²) in [7, 11) is 0. The van der Waals surface area contributed by atoms with Gasteiger partial charge in [0.05, 0.1) is 36.4 Å². The van der Waals surface area contributed by atoms with Crippen molar-refractivity contribution < 1.29 is 43.9 Å². The molecule has 10 heteroatoms. The number of carbonyl (C=O) groups is 3. The summed E-state index contributed by atoms with van der Waals surface area (Å²) in [5.41, 5.74) is -0.314. The molecule has 2 fully saturated rings. The van der Waals surface area contributed by atoms with Gasteiger partial charge in [-0.25, -0.2) is 0 Å². The van der Waals surface area contributed by atoms with Gasteiger partial charge < -0.3 is 34.8 Å². The van der Waals surface area contributed by atoms with E-state index in [1.807, 2.05) is 26.0 Å². The topological polar surface area (TPSA) is 152 Å². The molecule has 0 aromatic carbocycles. The molecule has 0 aromatic rings. The fourth-order valence-corrected chi connectivity index (χ4v) is 5.01. The number of carbonyl (C=O) groups excluding carboxylic acids is 2. The predicted octanol–water partition coefficient (Wildman–Crippen LogP) is 2.78. The van der Waals surface area contributed by atoms with E-state index in [-0.39, 0.29) is 42.9 Å². The molecular weight excluding hydrogens is 494 g/mol. The lowest BCUT2D eigenvalue weighted by atomic mass is 9.85. The molecule has 0 aromatic heterocycles. The fraction of sp³-hybridized carbons (Fsp3) is 0.679. The lowest BCUT2D eigenvalue weighted by Gasteiger charge is -2.43. The number of aliphatic carboxylic acids is 1. The van der Waals surface area contributed by atoms with Crippen LogP contribution in [-0.4, -0.2) is 75.0 Å². The van der Waals surface area contributed by atoms with E-state index in [0.29, 0.717) is 6.42 Å². The lowest BCUT2D eigenvalue weighted by molar-refractivity contribution is -0.281. The quantitative estimate of drug-likeness (QED) is 0.187. The second-order valence-corrected chi connectivity index (χ2v) is 11.0. The van der Waals surface area contributed by atoms with Crippen molar-refractivity contribution in [3.63, 3.8) is 0 Å². The van der Waals surface area contributed by atoms with E-state index in [1.54, 1.807) is 19.9 Å². The molecule has 2 saturated heterocycles. The van der Waals surface area contributed by atoms with Gasteiger partial charge in [0, 0.05) is 25.8 Å². The SMILES string of the molecule is CC(=O)OC(C)/C=C\C(=O)NC1CC(C)C(C/C=C(C)/C=C/C2CC(C)(O)CC(O)(CC(=O)O)O2)OC1C. The predicted molar refractivity (Wildman–Crippen MR) is 140 cm³/mol. The van der Waals surface area contributed by atoms with Gasteiger partial charge in [-0.15, -0.1) is 0 Å². The first-order chi connectivity index (χ1) is 17.6. The summed E-state index contributed by atoms with van der Waals surface area (Å²) in [5.74, 6) is -3.61. The van der Waals surface area contributed by atoms with E-state index in [4.69, 9.17) is 19.3 Å². The van der Waals surface area contributed by atoms with Gasteiger partial charge in [0.2, 0.25) is 5.91 Å². The Morgan fingerprint density at radius 1 is 1.18 bits per heavy atom. The number of rotatable bonds is 10. The van der Waals surface area contributed by atoms with Crippen LogP contribution in [0, 0.1) is 5.92 Å². The van der Waals surface area contributed by atoms with E-state index >= 15 is 0 Å². The fourth-order valence-electron chi connectivity index (χ4n) is 5.01. The third-order valence-corrected chi connectivity index (χ3v) is 6.76. The van der Waals surface area contributed by atoms with Crippen LogP contribution in [0.3, 0.4) is 0 Å². The highest BCUT2D eigenvalue weighted by Crippen LogP contribution is 2.36. The van der Waals surface area contributed by atoms with Crippen molar-refractivity contribution in [2.45, 2.75) is 115 Å². The Morgan fingerprint density at radius 3 is 2.50 bits per heavy atom.